The molecule has 0 fully saturated rings. The molecule has 0 aliphatic heterocycles. The summed E-state index contributed by atoms with van der Waals surface area (Å²) in [6, 6.07) is 0. The third kappa shape index (κ3) is 5.65. The Labute approximate surface area is 60.0 Å². The molecule has 1 unspecified atom stereocenters. The second kappa shape index (κ2) is 4.64. The van der Waals surface area contributed by atoms with Crippen molar-refractivity contribution in [3.8, 4) is 0 Å². The molecule has 0 rings (SSSR count). The first-order chi connectivity index (χ1) is 4.16. The lowest BCUT2D eigenvalue weighted by molar-refractivity contribution is -0.146. The topological polar surface area (TPSA) is 35.5 Å². The fourth-order valence-electron chi connectivity index (χ4n) is 0.422. The molecule has 0 bridgehead atoms. The number of thiol groups is 1. The minimum absolute atomic E-state index is 0.208. The molecule has 0 saturated heterocycles. The highest BCUT2D eigenvalue weighted by atomic mass is 32.1. The molecule has 0 N–H and O–H groups in total. The number of ether oxygens (including phenoxy) is 1. The zero-order valence-corrected chi connectivity index (χ0v) is 6.35. The monoisotopic (exact) mass is 150 g/mol. The zero-order valence-electron chi connectivity index (χ0n) is 5.46. The van der Waals surface area contributed by atoms with E-state index in [1.807, 2.05) is 0 Å². The quantitative estimate of drug-likeness (QED) is 0.367. The maximum Gasteiger partial charge on any atom is 0.302 e. The Morgan fingerprint density at radius 1 is 1.78 bits per heavy atom. The molecule has 9 heavy (non-hydrogen) atoms. The second-order valence-electron chi connectivity index (χ2n) is 1.72. The molecular formula is C5H10O3S. The van der Waals surface area contributed by atoms with Crippen molar-refractivity contribution in [2.45, 2.75) is 20.0 Å². The molecule has 3 nitrogen and oxygen atoms in total. The first-order valence-electron chi connectivity index (χ1n) is 2.60. The van der Waals surface area contributed by atoms with Gasteiger partial charge < -0.3 is 8.92 Å². The highest BCUT2D eigenvalue weighted by molar-refractivity contribution is 7.75. The lowest BCUT2D eigenvalue weighted by atomic mass is 10.4. The van der Waals surface area contributed by atoms with Gasteiger partial charge in [0.05, 0.1) is 6.61 Å². The van der Waals surface area contributed by atoms with E-state index >= 15 is 0 Å². The molecule has 54 valence electrons. The van der Waals surface area contributed by atoms with E-state index in [1.54, 1.807) is 6.92 Å². The molecule has 0 spiro atoms. The van der Waals surface area contributed by atoms with Crippen molar-refractivity contribution in [3.63, 3.8) is 0 Å². The molecule has 0 saturated carbocycles. The Kier molecular flexibility index (Phi) is 4.53. The van der Waals surface area contributed by atoms with E-state index in [-0.39, 0.29) is 12.1 Å². The fraction of sp³-hybridized carbons (Fsp3) is 0.800. The Balaban J connectivity index is 3.26. The van der Waals surface area contributed by atoms with Gasteiger partial charge in [-0.15, -0.1) is 0 Å². The number of hydrogen-bond donors (Lipinski definition) is 1. The van der Waals surface area contributed by atoms with Crippen LogP contribution in [-0.4, -0.2) is 18.7 Å². The van der Waals surface area contributed by atoms with Gasteiger partial charge in [-0.05, 0) is 19.8 Å². The summed E-state index contributed by atoms with van der Waals surface area (Å²) in [5.74, 6) is -0.298. The van der Waals surface area contributed by atoms with Gasteiger partial charge in [-0.3, -0.25) is 4.79 Å². The van der Waals surface area contributed by atoms with Crippen molar-refractivity contribution in [3.05, 3.63) is 0 Å². The Hall–Kier alpha value is -0.220. The van der Waals surface area contributed by atoms with Gasteiger partial charge in [0.15, 0.2) is 0 Å². The van der Waals surface area contributed by atoms with Crippen molar-refractivity contribution < 1.29 is 13.7 Å². The molecule has 4 heteroatoms. The van der Waals surface area contributed by atoms with Crippen LogP contribution >= 0.6 is 12.9 Å². The summed E-state index contributed by atoms with van der Waals surface area (Å²) in [5, 5.41) is 0. The molecule has 0 aliphatic carbocycles. The van der Waals surface area contributed by atoms with Gasteiger partial charge in [-0.25, -0.2) is 0 Å². The maximum absolute atomic E-state index is 10.2. The Bertz CT molecular complexity index is 94.2. The second-order valence-corrected chi connectivity index (χ2v) is 1.97. The lowest BCUT2D eigenvalue weighted by Gasteiger charge is -2.08. The first kappa shape index (κ1) is 8.78. The van der Waals surface area contributed by atoms with Gasteiger partial charge in [-0.1, -0.05) is 0 Å². The summed E-state index contributed by atoms with van der Waals surface area (Å²) in [6.45, 7) is 3.41. The largest absolute Gasteiger partial charge is 0.460 e. The normalized spacial score (nSPS) is 12.8. The van der Waals surface area contributed by atoms with Crippen molar-refractivity contribution in [1.82, 2.24) is 0 Å². The SMILES string of the molecule is CC(=O)OC(C)COS. The van der Waals surface area contributed by atoms with E-state index in [2.05, 4.69) is 21.8 Å². The summed E-state index contributed by atoms with van der Waals surface area (Å²) < 4.78 is 9.10. The van der Waals surface area contributed by atoms with E-state index in [1.165, 1.54) is 6.92 Å². The summed E-state index contributed by atoms with van der Waals surface area (Å²) in [7, 11) is 0. The van der Waals surface area contributed by atoms with Crippen molar-refractivity contribution >= 4 is 18.9 Å². The van der Waals surface area contributed by atoms with Crippen molar-refractivity contribution in [2.75, 3.05) is 6.61 Å². The van der Waals surface area contributed by atoms with Gasteiger partial charge in [0.2, 0.25) is 0 Å². The smallest absolute Gasteiger partial charge is 0.302 e. The van der Waals surface area contributed by atoms with E-state index < -0.39 is 0 Å². The lowest BCUT2D eigenvalue weighted by Crippen LogP contribution is -2.16. The number of carbonyl (C=O) groups excluding carboxylic acids is 1. The minimum Gasteiger partial charge on any atom is -0.460 e. The Morgan fingerprint density at radius 2 is 2.33 bits per heavy atom. The third-order valence-corrected chi connectivity index (χ3v) is 0.825. The van der Waals surface area contributed by atoms with Crippen LogP contribution in [0.1, 0.15) is 13.8 Å². The molecule has 0 heterocycles. The number of rotatable bonds is 3. The number of esters is 1. The first-order valence-corrected chi connectivity index (χ1v) is 2.97. The predicted molar refractivity (Wildman–Crippen MR) is 36.2 cm³/mol. The molecule has 0 aliphatic rings. The molecule has 0 aromatic carbocycles. The summed E-state index contributed by atoms with van der Waals surface area (Å²) >= 11 is 3.49. The molecule has 1 atom stereocenters. The van der Waals surface area contributed by atoms with Gasteiger partial charge in [0, 0.05) is 6.92 Å². The maximum atomic E-state index is 10.2. The van der Waals surface area contributed by atoms with Crippen LogP contribution in [0.4, 0.5) is 0 Å². The summed E-state index contributed by atoms with van der Waals surface area (Å²) in [6.07, 6.45) is -0.208. The number of carbonyl (C=O) groups is 1. The van der Waals surface area contributed by atoms with Crippen LogP contribution in [0.2, 0.25) is 0 Å². The van der Waals surface area contributed by atoms with Crippen molar-refractivity contribution in [1.29, 1.82) is 0 Å². The third-order valence-electron chi connectivity index (χ3n) is 0.676. The molecule has 0 amide bonds. The van der Waals surface area contributed by atoms with Gasteiger partial charge in [0.25, 0.3) is 0 Å². The van der Waals surface area contributed by atoms with Crippen LogP contribution in [0.5, 0.6) is 0 Å². The highest BCUT2D eigenvalue weighted by Crippen LogP contribution is 1.92. The average molecular weight is 150 g/mol. The summed E-state index contributed by atoms with van der Waals surface area (Å²) in [5.41, 5.74) is 0. The zero-order chi connectivity index (χ0) is 7.28. The standard InChI is InChI=1S/C5H10O3S/c1-4(3-7-9)8-5(2)6/h4,9H,3H2,1-2H3. The molecule has 0 aromatic heterocycles. The molecular weight excluding hydrogens is 140 g/mol. The van der Waals surface area contributed by atoms with Crippen LogP contribution in [0.15, 0.2) is 0 Å². The summed E-state index contributed by atoms with van der Waals surface area (Å²) in [4.78, 5) is 10.2. The van der Waals surface area contributed by atoms with Gasteiger partial charge >= 0.3 is 5.97 Å². The van der Waals surface area contributed by atoms with E-state index in [4.69, 9.17) is 0 Å². The van der Waals surface area contributed by atoms with Gasteiger partial charge in [-0.2, -0.15) is 0 Å². The fourth-order valence-corrected chi connectivity index (χ4v) is 0.632. The average Bonchev–Trinajstić information content (AvgIpc) is 1.63. The van der Waals surface area contributed by atoms with E-state index in [0.29, 0.717) is 6.61 Å². The number of hydrogen-bond acceptors (Lipinski definition) is 4. The van der Waals surface area contributed by atoms with E-state index in [0.717, 1.165) is 0 Å². The van der Waals surface area contributed by atoms with Crippen LogP contribution in [0.3, 0.4) is 0 Å². The van der Waals surface area contributed by atoms with Crippen LogP contribution < -0.4 is 0 Å². The van der Waals surface area contributed by atoms with Crippen LogP contribution in [0.25, 0.3) is 0 Å². The van der Waals surface area contributed by atoms with Crippen LogP contribution in [-0.2, 0) is 13.7 Å². The highest BCUT2D eigenvalue weighted by Gasteiger charge is 2.02. The molecule has 0 aromatic rings. The van der Waals surface area contributed by atoms with Crippen LogP contribution in [0, 0.1) is 0 Å². The van der Waals surface area contributed by atoms with E-state index in [9.17, 15) is 4.79 Å². The Morgan fingerprint density at radius 3 is 2.67 bits per heavy atom. The van der Waals surface area contributed by atoms with Crippen molar-refractivity contribution in [2.24, 2.45) is 0 Å². The van der Waals surface area contributed by atoms with Gasteiger partial charge in [0.1, 0.15) is 6.10 Å². The minimum atomic E-state index is -0.298. The predicted octanol–water partition coefficient (Wildman–Crippen LogP) is 0.799. The molecule has 0 radical (unpaired) electrons.